The summed E-state index contributed by atoms with van der Waals surface area (Å²) in [6.45, 7) is 0. The Bertz CT molecular complexity index is 33.9. The van der Waals surface area contributed by atoms with E-state index in [0.717, 1.165) is 0 Å². The van der Waals surface area contributed by atoms with Crippen LogP contribution in [0.4, 0.5) is 0 Å². The average molecular weight is 266 g/mol. The Hall–Kier alpha value is 1.28. The van der Waals surface area contributed by atoms with Gasteiger partial charge in [0.05, 0.1) is 0 Å². The maximum absolute atomic E-state index is 8.46. The van der Waals surface area contributed by atoms with E-state index < -0.39 is 31.0 Å². The van der Waals surface area contributed by atoms with Crippen molar-refractivity contribution in [3.05, 3.63) is 0 Å². The van der Waals surface area contributed by atoms with Gasteiger partial charge in [-0.3, -0.25) is 0 Å². The molecule has 0 aromatic carbocycles. The summed E-state index contributed by atoms with van der Waals surface area (Å²) in [6, 6.07) is 0. The van der Waals surface area contributed by atoms with Gasteiger partial charge in [-0.15, -0.1) is 0 Å². The fraction of sp³-hybridized carbons (Fsp3) is 0. The molecule has 0 saturated heterocycles. The molecule has 0 bridgehead atoms. The summed E-state index contributed by atoms with van der Waals surface area (Å²) in [5.41, 5.74) is 0. The Morgan fingerprint density at radius 1 is 0.615 bits per heavy atom. The van der Waals surface area contributed by atoms with Crippen LogP contribution < -0.4 is 8.32 Å². The van der Waals surface area contributed by atoms with Crippen LogP contribution in [0.3, 0.4) is 0 Å². The van der Waals surface area contributed by atoms with Crippen LogP contribution in [0, 0.1) is 0 Å². The summed E-state index contributed by atoms with van der Waals surface area (Å²) in [5.74, 6) is 0. The first kappa shape index (κ1) is 90.3. The zero-order chi connectivity index (χ0) is 5.41. The number of hydrogen-bond donors (Lipinski definition) is 0. The predicted molar refractivity (Wildman–Crippen MR) is 40.3 cm³/mol. The summed E-state index contributed by atoms with van der Waals surface area (Å²) in [6.07, 6.45) is 0. The summed E-state index contributed by atoms with van der Waals surface area (Å²) in [4.78, 5) is 0. The molecule has 0 spiro atoms. The third kappa shape index (κ3) is 1030. The van der Waals surface area contributed by atoms with E-state index in [1.807, 2.05) is 0 Å². The van der Waals surface area contributed by atoms with Gasteiger partial charge in [0.2, 0.25) is 0 Å². The molecule has 0 saturated carbocycles. The van der Waals surface area contributed by atoms with Crippen LogP contribution in [-0.4, -0.2) is 102 Å². The van der Waals surface area contributed by atoms with E-state index >= 15 is 0 Å². The normalized spacial score (nSPS) is 1.23. The van der Waals surface area contributed by atoms with Gasteiger partial charge in [0, 0.05) is 0 Å². The molecule has 0 aliphatic rings. The van der Waals surface area contributed by atoms with Crippen molar-refractivity contribution in [3.8, 4) is 0 Å². The van der Waals surface area contributed by atoms with E-state index in [0.29, 0.717) is 0 Å². The van der Waals surface area contributed by atoms with Gasteiger partial charge < -0.3 is 32.9 Å². The molecule has 13 heavy (non-hydrogen) atoms. The number of rotatable bonds is 0. The first-order valence-corrected chi connectivity index (χ1v) is 2.83. The summed E-state index contributed by atoms with van der Waals surface area (Å²) in [7, 11) is 0. The predicted octanol–water partition coefficient (Wildman–Crippen LogP) is -8.71. The van der Waals surface area contributed by atoms with Gasteiger partial charge >= 0.3 is 84.6 Å². The molecule has 0 aromatic rings. The molecule has 0 radical (unpaired) electrons. The Labute approximate surface area is 116 Å². The topological polar surface area (TPSA) is 269 Å². The minimum atomic E-state index is -1.75. The van der Waals surface area contributed by atoms with Crippen molar-refractivity contribution in [2.24, 2.45) is 0 Å². The van der Waals surface area contributed by atoms with Crippen LogP contribution >= 0.6 is 0 Å². The van der Waals surface area contributed by atoms with Gasteiger partial charge in [-0.25, -0.2) is 0 Å². The van der Waals surface area contributed by atoms with Crippen LogP contribution in [0.1, 0.15) is 0 Å². The number of hydrogen-bond acceptors (Lipinski definition) is 4. The molecule has 0 unspecified atom stereocenters. The molecule has 0 atom stereocenters. The molecule has 0 fully saturated rings. The van der Waals surface area contributed by atoms with Crippen molar-refractivity contribution < 1.29 is 48.8 Å². The SMILES string of the molecule is O.O.O.O.O.O.[Ca+2].[O]=[Al][O-].[O]=[Al][O-]. The van der Waals surface area contributed by atoms with E-state index in [1.54, 1.807) is 0 Å². The van der Waals surface area contributed by atoms with Crippen LogP contribution in [0.2, 0.25) is 0 Å². The first-order chi connectivity index (χ1) is 2.83. The van der Waals surface area contributed by atoms with Crippen molar-refractivity contribution in [3.63, 3.8) is 0 Å². The van der Waals surface area contributed by atoms with Gasteiger partial charge in [-0.05, 0) is 0 Å². The van der Waals surface area contributed by atoms with Crippen molar-refractivity contribution >= 4 is 68.7 Å². The molecule has 0 aromatic heterocycles. The second-order valence-electron chi connectivity index (χ2n) is 0.192. The van der Waals surface area contributed by atoms with Crippen LogP contribution in [-0.2, 0) is 7.61 Å². The Morgan fingerprint density at radius 3 is 0.615 bits per heavy atom. The molecule has 0 rings (SSSR count). The van der Waals surface area contributed by atoms with Gasteiger partial charge in [0.1, 0.15) is 0 Å². The molecular weight excluding hydrogens is 254 g/mol. The van der Waals surface area contributed by atoms with E-state index in [-0.39, 0.29) is 70.6 Å². The third-order valence-corrected chi connectivity index (χ3v) is 0. The molecular formula is H12Al2CaO10. The zero-order valence-corrected chi connectivity index (χ0v) is 11.0. The maximum atomic E-state index is 8.46. The molecule has 0 aliphatic heterocycles. The van der Waals surface area contributed by atoms with Crippen LogP contribution in [0.25, 0.3) is 0 Å². The summed E-state index contributed by atoms with van der Waals surface area (Å²) < 4.78 is 33.8. The monoisotopic (exact) mass is 266 g/mol. The molecule has 13 heteroatoms. The van der Waals surface area contributed by atoms with Crippen molar-refractivity contribution in [2.75, 3.05) is 0 Å². The minimum absolute atomic E-state index is 0. The van der Waals surface area contributed by atoms with Crippen molar-refractivity contribution in [2.45, 2.75) is 0 Å². The van der Waals surface area contributed by atoms with Crippen molar-refractivity contribution in [1.82, 2.24) is 0 Å². The molecule has 12 N–H and O–H groups in total. The molecule has 10 nitrogen and oxygen atoms in total. The fourth-order valence-corrected chi connectivity index (χ4v) is 0. The van der Waals surface area contributed by atoms with Crippen molar-refractivity contribution in [1.29, 1.82) is 0 Å². The second kappa shape index (κ2) is 186. The third-order valence-electron chi connectivity index (χ3n) is 0. The Balaban J connectivity index is -0.00000000229. The van der Waals surface area contributed by atoms with Gasteiger partial charge in [-0.2, -0.15) is 0 Å². The van der Waals surface area contributed by atoms with E-state index in [9.17, 15) is 0 Å². The van der Waals surface area contributed by atoms with Gasteiger partial charge in [0.25, 0.3) is 0 Å². The van der Waals surface area contributed by atoms with E-state index in [2.05, 4.69) is 0 Å². The van der Waals surface area contributed by atoms with Gasteiger partial charge in [0.15, 0.2) is 0 Å². The summed E-state index contributed by atoms with van der Waals surface area (Å²) in [5, 5.41) is 0. The van der Waals surface area contributed by atoms with Crippen LogP contribution in [0.15, 0.2) is 0 Å². The summed E-state index contributed by atoms with van der Waals surface area (Å²) >= 11 is -3.50. The molecule has 0 amide bonds. The van der Waals surface area contributed by atoms with Crippen LogP contribution in [0.5, 0.6) is 0 Å². The standard InChI is InChI=1S/2Al.Ca.6H2O.4O/h;;;6*1H2;;;;/q;;+2;;;;;;;;;2*-1. The van der Waals surface area contributed by atoms with E-state index in [4.69, 9.17) is 15.9 Å². The Kier molecular flexibility index (Phi) is 1290. The Morgan fingerprint density at radius 2 is 0.615 bits per heavy atom. The van der Waals surface area contributed by atoms with E-state index in [1.165, 1.54) is 0 Å². The average Bonchev–Trinajstić information content (AvgIpc) is 1.39. The first-order valence-electron chi connectivity index (χ1n) is 0.943. The zero-order valence-electron chi connectivity index (χ0n) is 6.49. The molecule has 0 heterocycles. The second-order valence-corrected chi connectivity index (χ2v) is 0.577. The quantitative estimate of drug-likeness (QED) is 0.385. The fourth-order valence-electron chi connectivity index (χ4n) is 0. The molecule has 0 aliphatic carbocycles. The van der Waals surface area contributed by atoms with Gasteiger partial charge in [-0.1, -0.05) is 0 Å². The molecule has 80 valence electrons.